The summed E-state index contributed by atoms with van der Waals surface area (Å²) in [6.07, 6.45) is 4.42. The smallest absolute Gasteiger partial charge is 0.328 e. The number of aromatic hydroxyl groups is 1. The van der Waals surface area contributed by atoms with E-state index < -0.39 is 11.9 Å². The quantitative estimate of drug-likeness (QED) is 0.687. The zero-order chi connectivity index (χ0) is 12.8. The Kier molecular flexibility index (Phi) is 4.05. The molecule has 0 aromatic heterocycles. The first kappa shape index (κ1) is 12.5. The zero-order valence-electron chi connectivity index (χ0n) is 8.70. The highest BCUT2D eigenvalue weighted by atomic mass is 16.4. The van der Waals surface area contributed by atoms with Gasteiger partial charge in [0.05, 0.1) is 0 Å². The summed E-state index contributed by atoms with van der Waals surface area (Å²) in [5.74, 6) is -2.29. The van der Waals surface area contributed by atoms with Crippen molar-refractivity contribution < 1.29 is 24.9 Å². The molecule has 0 unspecified atom stereocenters. The summed E-state index contributed by atoms with van der Waals surface area (Å²) in [4.78, 5) is 20.6. The van der Waals surface area contributed by atoms with Crippen molar-refractivity contribution in [2.45, 2.75) is 0 Å². The largest absolute Gasteiger partial charge is 0.507 e. The number of hydrogen-bond acceptors (Lipinski definition) is 3. The first-order chi connectivity index (χ1) is 7.99. The first-order valence-electron chi connectivity index (χ1n) is 4.64. The topological polar surface area (TPSA) is 94.8 Å². The molecule has 0 heterocycles. The molecule has 1 aromatic rings. The highest BCUT2D eigenvalue weighted by Crippen LogP contribution is 2.20. The molecule has 17 heavy (non-hydrogen) atoms. The molecule has 0 aliphatic rings. The van der Waals surface area contributed by atoms with Crippen molar-refractivity contribution in [1.82, 2.24) is 0 Å². The lowest BCUT2D eigenvalue weighted by atomic mass is 10.1. The van der Waals surface area contributed by atoms with Gasteiger partial charge in [-0.25, -0.2) is 9.59 Å². The molecule has 0 spiro atoms. The number of benzene rings is 1. The van der Waals surface area contributed by atoms with Crippen LogP contribution < -0.4 is 0 Å². The third kappa shape index (κ3) is 4.21. The van der Waals surface area contributed by atoms with Crippen LogP contribution in [0.25, 0.3) is 12.2 Å². The minimum atomic E-state index is -1.13. The van der Waals surface area contributed by atoms with Crippen LogP contribution in [-0.2, 0) is 9.59 Å². The van der Waals surface area contributed by atoms with Gasteiger partial charge in [0, 0.05) is 17.7 Å². The van der Waals surface area contributed by atoms with Crippen LogP contribution in [0.2, 0.25) is 0 Å². The maximum atomic E-state index is 10.3. The van der Waals surface area contributed by atoms with Gasteiger partial charge in [0.2, 0.25) is 0 Å². The van der Waals surface area contributed by atoms with Gasteiger partial charge < -0.3 is 15.3 Å². The van der Waals surface area contributed by atoms with Crippen molar-refractivity contribution in [3.05, 3.63) is 41.5 Å². The lowest BCUT2D eigenvalue weighted by Gasteiger charge is -2.00. The van der Waals surface area contributed by atoms with E-state index in [2.05, 4.69) is 0 Å². The third-order valence-corrected chi connectivity index (χ3v) is 1.88. The Labute approximate surface area is 96.9 Å². The molecule has 1 aromatic carbocycles. The van der Waals surface area contributed by atoms with E-state index in [1.165, 1.54) is 30.4 Å². The average molecular weight is 234 g/mol. The Hall–Kier alpha value is -2.56. The number of carbonyl (C=O) groups is 2. The monoisotopic (exact) mass is 234 g/mol. The number of aliphatic carboxylic acids is 2. The summed E-state index contributed by atoms with van der Waals surface area (Å²) in [5, 5.41) is 26.3. The van der Waals surface area contributed by atoms with Gasteiger partial charge in [-0.05, 0) is 29.8 Å². The molecule has 88 valence electrons. The number of hydrogen-bond donors (Lipinski definition) is 3. The molecule has 5 nitrogen and oxygen atoms in total. The maximum Gasteiger partial charge on any atom is 0.328 e. The second kappa shape index (κ2) is 5.50. The molecule has 0 aliphatic carbocycles. The zero-order valence-corrected chi connectivity index (χ0v) is 8.70. The molecule has 0 bridgehead atoms. The van der Waals surface area contributed by atoms with E-state index in [1.54, 1.807) is 0 Å². The van der Waals surface area contributed by atoms with Crippen LogP contribution >= 0.6 is 0 Å². The molecular formula is C12H10O5. The molecule has 0 radical (unpaired) electrons. The second-order valence-corrected chi connectivity index (χ2v) is 3.16. The molecule has 1 rings (SSSR count). The number of phenolic OH excluding ortho intramolecular Hbond substituents is 1. The Morgan fingerprint density at radius 1 is 1.00 bits per heavy atom. The molecule has 0 fully saturated rings. The fraction of sp³-hybridized carbons (Fsp3) is 0. The van der Waals surface area contributed by atoms with Gasteiger partial charge in [-0.3, -0.25) is 0 Å². The minimum absolute atomic E-state index is 0.0741. The van der Waals surface area contributed by atoms with Crippen molar-refractivity contribution in [2.24, 2.45) is 0 Å². The second-order valence-electron chi connectivity index (χ2n) is 3.16. The van der Waals surface area contributed by atoms with Crippen molar-refractivity contribution >= 4 is 24.1 Å². The summed E-state index contributed by atoms with van der Waals surface area (Å²) in [6, 6.07) is 4.37. The number of phenols is 1. The number of rotatable bonds is 4. The van der Waals surface area contributed by atoms with E-state index in [9.17, 15) is 14.7 Å². The standard InChI is InChI=1S/C12H10O5/c13-10-4-1-8(2-5-11(14)15)7-9(10)3-6-12(16)17/h1-7,13H,(H,14,15)(H,16,17)/b5-2+,6-3+. The fourth-order valence-electron chi connectivity index (χ4n) is 1.14. The average Bonchev–Trinajstić information content (AvgIpc) is 2.26. The van der Waals surface area contributed by atoms with Crippen LogP contribution in [0, 0.1) is 0 Å². The van der Waals surface area contributed by atoms with Gasteiger partial charge >= 0.3 is 11.9 Å². The van der Waals surface area contributed by atoms with E-state index in [1.807, 2.05) is 0 Å². The van der Waals surface area contributed by atoms with Gasteiger partial charge in [0.25, 0.3) is 0 Å². The molecule has 0 atom stereocenters. The summed E-state index contributed by atoms with van der Waals surface area (Å²) >= 11 is 0. The summed E-state index contributed by atoms with van der Waals surface area (Å²) < 4.78 is 0. The lowest BCUT2D eigenvalue weighted by Crippen LogP contribution is -1.87. The van der Waals surface area contributed by atoms with Crippen LogP contribution in [0.5, 0.6) is 5.75 Å². The van der Waals surface area contributed by atoms with E-state index >= 15 is 0 Å². The molecular weight excluding hydrogens is 224 g/mol. The van der Waals surface area contributed by atoms with Crippen LogP contribution in [0.15, 0.2) is 30.4 Å². The van der Waals surface area contributed by atoms with Crippen LogP contribution in [0.3, 0.4) is 0 Å². The highest BCUT2D eigenvalue weighted by molar-refractivity contribution is 5.87. The Balaban J connectivity index is 3.02. The summed E-state index contributed by atoms with van der Waals surface area (Å²) in [6.45, 7) is 0. The van der Waals surface area contributed by atoms with Crippen molar-refractivity contribution in [1.29, 1.82) is 0 Å². The Bertz CT molecular complexity index is 500. The van der Waals surface area contributed by atoms with Crippen molar-refractivity contribution in [3.63, 3.8) is 0 Å². The van der Waals surface area contributed by atoms with Crippen LogP contribution in [-0.4, -0.2) is 27.3 Å². The normalized spacial score (nSPS) is 11.1. The Morgan fingerprint density at radius 3 is 2.18 bits per heavy atom. The molecule has 5 heteroatoms. The molecule has 3 N–H and O–H groups in total. The van der Waals surface area contributed by atoms with Gasteiger partial charge in [0.1, 0.15) is 5.75 Å². The van der Waals surface area contributed by atoms with Crippen molar-refractivity contribution in [2.75, 3.05) is 0 Å². The summed E-state index contributed by atoms with van der Waals surface area (Å²) in [7, 11) is 0. The van der Waals surface area contributed by atoms with Gasteiger partial charge in [-0.15, -0.1) is 0 Å². The maximum absolute atomic E-state index is 10.3. The third-order valence-electron chi connectivity index (χ3n) is 1.88. The van der Waals surface area contributed by atoms with E-state index in [4.69, 9.17) is 10.2 Å². The highest BCUT2D eigenvalue weighted by Gasteiger charge is 1.99. The molecule has 0 amide bonds. The van der Waals surface area contributed by atoms with Crippen LogP contribution in [0.1, 0.15) is 11.1 Å². The van der Waals surface area contributed by atoms with Crippen LogP contribution in [0.4, 0.5) is 0 Å². The van der Waals surface area contributed by atoms with Gasteiger partial charge in [-0.1, -0.05) is 6.07 Å². The van der Waals surface area contributed by atoms with Crippen molar-refractivity contribution in [3.8, 4) is 5.75 Å². The van der Waals surface area contributed by atoms with Gasteiger partial charge in [-0.2, -0.15) is 0 Å². The minimum Gasteiger partial charge on any atom is -0.507 e. The lowest BCUT2D eigenvalue weighted by molar-refractivity contribution is -0.132. The predicted molar refractivity (Wildman–Crippen MR) is 61.4 cm³/mol. The molecule has 0 aliphatic heterocycles. The first-order valence-corrected chi connectivity index (χ1v) is 4.64. The van der Waals surface area contributed by atoms with Gasteiger partial charge in [0.15, 0.2) is 0 Å². The van der Waals surface area contributed by atoms with E-state index in [0.29, 0.717) is 11.1 Å². The summed E-state index contributed by atoms with van der Waals surface area (Å²) in [5.41, 5.74) is 0.857. The SMILES string of the molecule is O=C(O)/C=C/c1ccc(O)c(/C=C/C(=O)O)c1. The molecule has 0 saturated heterocycles. The van der Waals surface area contributed by atoms with E-state index in [0.717, 1.165) is 12.2 Å². The molecule has 0 saturated carbocycles. The number of carboxylic acids is 2. The number of carboxylic acid groups (broad SMARTS) is 2. The fourth-order valence-corrected chi connectivity index (χ4v) is 1.14. The predicted octanol–water partition coefficient (Wildman–Crippen LogP) is 1.59. The Morgan fingerprint density at radius 2 is 1.59 bits per heavy atom. The van der Waals surface area contributed by atoms with E-state index in [-0.39, 0.29) is 5.75 Å².